The molecule has 318 valence electrons. The molecule has 0 aliphatic carbocycles. The van der Waals surface area contributed by atoms with Gasteiger partial charge in [0.15, 0.2) is 5.71 Å². The SMILES string of the molecule is CC1(C)C(/C=C/C=C/C=C/C=C2/N(CCCCCOC=O)c3ccc4c(S(=O)(=O)O)cccc4c3C2(C)C)=[N+](CCCS(=O)(=O)O)c2ccc3ccc(S(=O)(=O)O)cc3c21. The van der Waals surface area contributed by atoms with Gasteiger partial charge in [0.05, 0.1) is 22.7 Å². The molecule has 60 heavy (non-hydrogen) atoms. The Balaban J connectivity index is 1.31. The zero-order chi connectivity index (χ0) is 43.7. The predicted octanol–water partition coefficient (Wildman–Crippen LogP) is 7.83. The number of anilines is 1. The Labute approximate surface area is 351 Å². The van der Waals surface area contributed by atoms with Gasteiger partial charge in [0.25, 0.3) is 36.8 Å². The van der Waals surface area contributed by atoms with Crippen molar-refractivity contribution in [2.24, 2.45) is 0 Å². The molecule has 2 heterocycles. The van der Waals surface area contributed by atoms with Gasteiger partial charge in [0.2, 0.25) is 5.69 Å². The molecule has 0 amide bonds. The maximum atomic E-state index is 12.3. The van der Waals surface area contributed by atoms with Crippen LogP contribution in [0.4, 0.5) is 11.4 Å². The van der Waals surface area contributed by atoms with Crippen LogP contribution in [0.5, 0.6) is 0 Å². The van der Waals surface area contributed by atoms with Crippen LogP contribution >= 0.6 is 0 Å². The monoisotopic (exact) mass is 877 g/mol. The molecule has 0 saturated carbocycles. The molecule has 0 spiro atoms. The number of hydrogen-bond acceptors (Lipinski definition) is 9. The molecule has 0 radical (unpaired) electrons. The summed E-state index contributed by atoms with van der Waals surface area (Å²) in [6.07, 6.45) is 15.8. The predicted molar refractivity (Wildman–Crippen MR) is 233 cm³/mol. The summed E-state index contributed by atoms with van der Waals surface area (Å²) in [7, 11) is -13.2. The van der Waals surface area contributed by atoms with Crippen molar-refractivity contribution >= 4 is 75.5 Å². The van der Waals surface area contributed by atoms with Crippen molar-refractivity contribution in [1.29, 1.82) is 0 Å². The third-order valence-corrected chi connectivity index (χ3v) is 13.8. The smallest absolute Gasteiger partial charge is 0.295 e. The lowest BCUT2D eigenvalue weighted by Gasteiger charge is -2.27. The van der Waals surface area contributed by atoms with Gasteiger partial charge < -0.3 is 9.64 Å². The lowest BCUT2D eigenvalue weighted by Crippen LogP contribution is -2.28. The lowest BCUT2D eigenvalue weighted by molar-refractivity contribution is -0.437. The summed E-state index contributed by atoms with van der Waals surface area (Å²) in [5, 5.41) is 2.56. The third-order valence-electron chi connectivity index (χ3n) is 11.2. The van der Waals surface area contributed by atoms with E-state index in [4.69, 9.17) is 4.74 Å². The van der Waals surface area contributed by atoms with Crippen molar-refractivity contribution in [3.63, 3.8) is 0 Å². The second-order valence-corrected chi connectivity index (χ2v) is 20.3. The lowest BCUT2D eigenvalue weighted by atomic mass is 9.79. The van der Waals surface area contributed by atoms with E-state index in [0.717, 1.165) is 57.5 Å². The fourth-order valence-corrected chi connectivity index (χ4v) is 10.3. The van der Waals surface area contributed by atoms with Gasteiger partial charge in [-0.3, -0.25) is 18.5 Å². The van der Waals surface area contributed by atoms with Gasteiger partial charge in [-0.15, -0.1) is 0 Å². The number of hydrogen-bond donors (Lipinski definition) is 3. The van der Waals surface area contributed by atoms with Crippen LogP contribution in [0.3, 0.4) is 0 Å². The normalized spacial score (nSPS) is 17.2. The topological polar surface area (TPSA) is 196 Å². The van der Waals surface area contributed by atoms with Crippen molar-refractivity contribution < 1.29 is 53.0 Å². The minimum absolute atomic E-state index is 0.130. The number of ether oxygens (including phenoxy) is 1. The number of carbonyl (C=O) groups excluding carboxylic acids is 1. The zero-order valence-electron chi connectivity index (χ0n) is 33.8. The fraction of sp³-hybridized carbons (Fsp3) is 0.318. The Morgan fingerprint density at radius 2 is 1.43 bits per heavy atom. The second kappa shape index (κ2) is 17.2. The van der Waals surface area contributed by atoms with Crippen LogP contribution in [0.25, 0.3) is 21.5 Å². The fourth-order valence-electron chi connectivity index (χ4n) is 8.59. The number of carbonyl (C=O) groups is 1. The van der Waals surface area contributed by atoms with Crippen molar-refractivity contribution in [2.45, 2.75) is 74.0 Å². The van der Waals surface area contributed by atoms with Gasteiger partial charge in [-0.2, -0.15) is 29.8 Å². The van der Waals surface area contributed by atoms with Crippen LogP contribution in [0.15, 0.2) is 119 Å². The van der Waals surface area contributed by atoms with Crippen LogP contribution < -0.4 is 4.90 Å². The molecule has 0 atom stereocenters. The van der Waals surface area contributed by atoms with Gasteiger partial charge in [0.1, 0.15) is 11.4 Å². The molecule has 0 bridgehead atoms. The first-order chi connectivity index (χ1) is 28.2. The van der Waals surface area contributed by atoms with Gasteiger partial charge in [-0.1, -0.05) is 68.5 Å². The molecule has 16 heteroatoms. The Bertz CT molecular complexity index is 2850. The van der Waals surface area contributed by atoms with E-state index < -0.39 is 46.9 Å². The Morgan fingerprint density at radius 1 is 0.717 bits per heavy atom. The average molecular weight is 878 g/mol. The van der Waals surface area contributed by atoms with Crippen molar-refractivity contribution in [3.8, 4) is 0 Å². The van der Waals surface area contributed by atoms with Gasteiger partial charge >= 0.3 is 0 Å². The van der Waals surface area contributed by atoms with E-state index in [1.54, 1.807) is 18.2 Å². The first kappa shape index (κ1) is 44.6. The zero-order valence-corrected chi connectivity index (χ0v) is 36.2. The molecule has 0 unspecified atom stereocenters. The maximum absolute atomic E-state index is 12.3. The van der Waals surface area contributed by atoms with Gasteiger partial charge in [0, 0.05) is 52.9 Å². The van der Waals surface area contributed by atoms with Crippen molar-refractivity contribution in [3.05, 3.63) is 120 Å². The summed E-state index contributed by atoms with van der Waals surface area (Å²) < 4.78 is 108. The highest BCUT2D eigenvalue weighted by molar-refractivity contribution is 7.86. The molecule has 6 rings (SSSR count). The molecule has 3 N–H and O–H groups in total. The van der Waals surface area contributed by atoms with Crippen LogP contribution in [-0.4, -0.2) is 81.1 Å². The molecular formula is C44H49N2O11S3+. The highest BCUT2D eigenvalue weighted by atomic mass is 32.2. The second-order valence-electron chi connectivity index (χ2n) is 15.9. The number of allylic oxidation sites excluding steroid dienone is 8. The molecule has 0 fully saturated rings. The third kappa shape index (κ3) is 9.18. The number of unbranched alkanes of at least 4 members (excludes halogenated alkanes) is 2. The standard InChI is InChI=1S/C44H48N2O11S3/c1-43(2)39(45(25-11-8-12-27-57-30-47)37-24-22-33-34(41(37)43)15-13-16-38(33)60(54,55)56)17-9-6-5-7-10-18-40-44(3,4)42-35-29-32(59(51,52)53)21-19-31(35)20-23-36(42)46(40)26-14-28-58(48,49)50/h5-7,9-10,13,15-24,29-30H,8,11-12,14,25-28H2,1-4H3,(H2-,48,49,50,51,52,53,54,55,56)/p+1. The first-order valence-electron chi connectivity index (χ1n) is 19.4. The molecular weight excluding hydrogens is 829 g/mol. The minimum Gasteiger partial charge on any atom is -0.468 e. The van der Waals surface area contributed by atoms with Crippen LogP contribution in [0.1, 0.15) is 64.5 Å². The summed E-state index contributed by atoms with van der Waals surface area (Å²) in [6, 6.07) is 16.7. The van der Waals surface area contributed by atoms with E-state index in [-0.39, 0.29) is 22.8 Å². The van der Waals surface area contributed by atoms with E-state index in [1.807, 2.05) is 85.2 Å². The number of fused-ring (bicyclic) bond motifs is 6. The molecule has 4 aromatic carbocycles. The van der Waals surface area contributed by atoms with E-state index in [9.17, 15) is 43.7 Å². The summed E-state index contributed by atoms with van der Waals surface area (Å²) >= 11 is 0. The molecule has 2 aliphatic heterocycles. The molecule has 0 saturated heterocycles. The Kier molecular flexibility index (Phi) is 12.8. The van der Waals surface area contributed by atoms with E-state index in [0.29, 0.717) is 36.8 Å². The number of benzene rings is 4. The molecule has 2 aliphatic rings. The molecule has 13 nitrogen and oxygen atoms in total. The summed E-state index contributed by atoms with van der Waals surface area (Å²) in [5.41, 5.74) is 3.99. The molecule has 0 aromatic heterocycles. The van der Waals surface area contributed by atoms with Crippen molar-refractivity contribution in [1.82, 2.24) is 0 Å². The highest BCUT2D eigenvalue weighted by Crippen LogP contribution is 2.51. The van der Waals surface area contributed by atoms with Gasteiger partial charge in [-0.25, -0.2) is 0 Å². The highest BCUT2D eigenvalue weighted by Gasteiger charge is 2.46. The average Bonchev–Trinajstić information content (AvgIpc) is 3.52. The van der Waals surface area contributed by atoms with Crippen molar-refractivity contribution in [2.75, 3.05) is 30.3 Å². The summed E-state index contributed by atoms with van der Waals surface area (Å²) in [6.45, 7) is 9.82. The summed E-state index contributed by atoms with van der Waals surface area (Å²) in [4.78, 5) is 12.4. The van der Waals surface area contributed by atoms with Crippen LogP contribution in [0.2, 0.25) is 0 Å². The largest absolute Gasteiger partial charge is 0.468 e. The van der Waals surface area contributed by atoms with E-state index >= 15 is 0 Å². The van der Waals surface area contributed by atoms with Crippen LogP contribution in [-0.2, 0) is 50.7 Å². The number of rotatable bonds is 17. The maximum Gasteiger partial charge on any atom is 0.295 e. The van der Waals surface area contributed by atoms with Gasteiger partial charge in [-0.05, 0) is 91.2 Å². The Morgan fingerprint density at radius 3 is 2.13 bits per heavy atom. The quantitative estimate of drug-likeness (QED) is 0.0306. The minimum atomic E-state index is -4.48. The molecule has 4 aromatic rings. The number of nitrogens with zero attached hydrogens (tertiary/aromatic N) is 2. The first-order valence-corrected chi connectivity index (χ1v) is 23.9. The Hall–Kier alpha value is -4.97. The van der Waals surface area contributed by atoms with E-state index in [1.165, 1.54) is 18.2 Å². The van der Waals surface area contributed by atoms with Crippen LogP contribution in [0, 0.1) is 0 Å². The van der Waals surface area contributed by atoms with E-state index in [2.05, 4.69) is 18.7 Å². The summed E-state index contributed by atoms with van der Waals surface area (Å²) in [5.74, 6) is -0.436.